The fourth-order valence-corrected chi connectivity index (χ4v) is 1.97. The Labute approximate surface area is 96.0 Å². The summed E-state index contributed by atoms with van der Waals surface area (Å²) in [5.74, 6) is 0.120. The van der Waals surface area contributed by atoms with Crippen molar-refractivity contribution in [1.82, 2.24) is 0 Å². The van der Waals surface area contributed by atoms with Gasteiger partial charge in [-0.2, -0.15) is 0 Å². The molecule has 0 aromatic heterocycles. The van der Waals surface area contributed by atoms with E-state index in [1.54, 1.807) is 6.92 Å². The summed E-state index contributed by atoms with van der Waals surface area (Å²) in [6.07, 6.45) is 0. The summed E-state index contributed by atoms with van der Waals surface area (Å²) >= 11 is 0. The van der Waals surface area contributed by atoms with E-state index in [0.29, 0.717) is 0 Å². The number of rotatable bonds is 2. The second-order valence-electron chi connectivity index (χ2n) is 4.16. The number of ether oxygens (including phenoxy) is 1. The molecule has 2 rings (SSSR count). The summed E-state index contributed by atoms with van der Waals surface area (Å²) in [7, 11) is 0. The number of morpholine rings is 1. The SMILES string of the molecule is CC(=O)c1ccc(C)c(N2CCOCC2)c1. The second-order valence-corrected chi connectivity index (χ2v) is 4.16. The van der Waals surface area contributed by atoms with E-state index >= 15 is 0 Å². The normalized spacial score (nSPS) is 16.2. The molecule has 1 saturated heterocycles. The molecule has 1 fully saturated rings. The molecule has 1 aromatic rings. The van der Waals surface area contributed by atoms with Crippen molar-refractivity contribution in [3.8, 4) is 0 Å². The topological polar surface area (TPSA) is 29.5 Å². The van der Waals surface area contributed by atoms with Gasteiger partial charge in [0.05, 0.1) is 13.2 Å². The predicted molar refractivity (Wildman–Crippen MR) is 64.2 cm³/mol. The van der Waals surface area contributed by atoms with Crippen molar-refractivity contribution >= 4 is 11.5 Å². The third kappa shape index (κ3) is 2.25. The van der Waals surface area contributed by atoms with Gasteiger partial charge in [-0.1, -0.05) is 12.1 Å². The van der Waals surface area contributed by atoms with Gasteiger partial charge in [0, 0.05) is 24.3 Å². The first-order chi connectivity index (χ1) is 7.68. The zero-order valence-electron chi connectivity index (χ0n) is 9.82. The third-order valence-corrected chi connectivity index (χ3v) is 2.97. The van der Waals surface area contributed by atoms with Gasteiger partial charge in [-0.15, -0.1) is 0 Å². The molecule has 0 aliphatic carbocycles. The lowest BCUT2D eigenvalue weighted by atomic mass is 10.1. The molecule has 0 radical (unpaired) electrons. The highest BCUT2D eigenvalue weighted by atomic mass is 16.5. The third-order valence-electron chi connectivity index (χ3n) is 2.97. The fraction of sp³-hybridized carbons (Fsp3) is 0.462. The summed E-state index contributed by atoms with van der Waals surface area (Å²) in [4.78, 5) is 13.6. The van der Waals surface area contributed by atoms with E-state index < -0.39 is 0 Å². The molecule has 0 bridgehead atoms. The van der Waals surface area contributed by atoms with Crippen LogP contribution in [0.5, 0.6) is 0 Å². The minimum atomic E-state index is 0.120. The van der Waals surface area contributed by atoms with E-state index in [1.807, 2.05) is 18.2 Å². The van der Waals surface area contributed by atoms with Gasteiger partial charge in [-0.05, 0) is 25.5 Å². The first-order valence-electron chi connectivity index (χ1n) is 5.63. The van der Waals surface area contributed by atoms with Crippen LogP contribution in [0.2, 0.25) is 0 Å². The van der Waals surface area contributed by atoms with Crippen LogP contribution in [-0.2, 0) is 4.74 Å². The average molecular weight is 219 g/mol. The molecule has 86 valence electrons. The van der Waals surface area contributed by atoms with E-state index in [4.69, 9.17) is 4.74 Å². The van der Waals surface area contributed by atoms with Gasteiger partial charge in [0.2, 0.25) is 0 Å². The van der Waals surface area contributed by atoms with Crippen LogP contribution in [0, 0.1) is 6.92 Å². The largest absolute Gasteiger partial charge is 0.378 e. The molecule has 3 nitrogen and oxygen atoms in total. The number of carbonyl (C=O) groups excluding carboxylic acids is 1. The molecule has 3 heteroatoms. The molecule has 1 heterocycles. The van der Waals surface area contributed by atoms with Crippen molar-refractivity contribution < 1.29 is 9.53 Å². The first kappa shape index (κ1) is 11.1. The first-order valence-corrected chi connectivity index (χ1v) is 5.63. The number of aryl methyl sites for hydroxylation is 1. The lowest BCUT2D eigenvalue weighted by Crippen LogP contribution is -2.36. The van der Waals surface area contributed by atoms with Gasteiger partial charge in [0.25, 0.3) is 0 Å². The zero-order valence-corrected chi connectivity index (χ0v) is 9.82. The molecule has 0 spiro atoms. The molecule has 16 heavy (non-hydrogen) atoms. The lowest BCUT2D eigenvalue weighted by molar-refractivity contribution is 0.101. The van der Waals surface area contributed by atoms with Crippen molar-refractivity contribution in [2.75, 3.05) is 31.2 Å². The van der Waals surface area contributed by atoms with Crippen molar-refractivity contribution in [1.29, 1.82) is 0 Å². The highest BCUT2D eigenvalue weighted by molar-refractivity contribution is 5.95. The van der Waals surface area contributed by atoms with Crippen LogP contribution in [0.1, 0.15) is 22.8 Å². The number of anilines is 1. The maximum atomic E-state index is 11.3. The Morgan fingerprint density at radius 2 is 2.00 bits per heavy atom. The summed E-state index contributed by atoms with van der Waals surface area (Å²) in [5, 5.41) is 0. The number of nitrogens with zero attached hydrogens (tertiary/aromatic N) is 1. The van der Waals surface area contributed by atoms with Crippen molar-refractivity contribution in [3.63, 3.8) is 0 Å². The van der Waals surface area contributed by atoms with Crippen molar-refractivity contribution in [2.45, 2.75) is 13.8 Å². The molecule has 1 aliphatic rings. The van der Waals surface area contributed by atoms with Gasteiger partial charge < -0.3 is 9.64 Å². The molecular weight excluding hydrogens is 202 g/mol. The summed E-state index contributed by atoms with van der Waals surface area (Å²) < 4.78 is 5.33. The zero-order chi connectivity index (χ0) is 11.5. The standard InChI is InChI=1S/C13H17NO2/c1-10-3-4-12(11(2)15)9-13(10)14-5-7-16-8-6-14/h3-4,9H,5-8H2,1-2H3. The Morgan fingerprint density at radius 1 is 1.31 bits per heavy atom. The monoisotopic (exact) mass is 219 g/mol. The van der Waals surface area contributed by atoms with Gasteiger partial charge in [0.1, 0.15) is 0 Å². The number of Topliss-reactive ketones (excluding diaryl/α,β-unsaturated/α-hetero) is 1. The predicted octanol–water partition coefficient (Wildman–Crippen LogP) is 2.03. The number of carbonyl (C=O) groups is 1. The summed E-state index contributed by atoms with van der Waals surface area (Å²) in [6.45, 7) is 7.03. The minimum Gasteiger partial charge on any atom is -0.378 e. The van der Waals surface area contributed by atoms with Crippen molar-refractivity contribution in [3.05, 3.63) is 29.3 Å². The van der Waals surface area contributed by atoms with E-state index in [-0.39, 0.29) is 5.78 Å². The molecule has 0 amide bonds. The minimum absolute atomic E-state index is 0.120. The van der Waals surface area contributed by atoms with Crippen LogP contribution in [0.15, 0.2) is 18.2 Å². The number of benzene rings is 1. The Kier molecular flexibility index (Phi) is 3.25. The van der Waals surface area contributed by atoms with Gasteiger partial charge in [-0.25, -0.2) is 0 Å². The quantitative estimate of drug-likeness (QED) is 0.713. The molecule has 1 aromatic carbocycles. The molecule has 0 unspecified atom stereocenters. The maximum Gasteiger partial charge on any atom is 0.159 e. The van der Waals surface area contributed by atoms with Crippen LogP contribution >= 0.6 is 0 Å². The Balaban J connectivity index is 2.30. The van der Waals surface area contributed by atoms with E-state index in [1.165, 1.54) is 5.56 Å². The Morgan fingerprint density at radius 3 is 2.62 bits per heavy atom. The molecule has 0 saturated carbocycles. The molecule has 0 atom stereocenters. The number of ketones is 1. The summed E-state index contributed by atoms with van der Waals surface area (Å²) in [5.41, 5.74) is 3.16. The smallest absolute Gasteiger partial charge is 0.159 e. The molecule has 0 N–H and O–H groups in total. The van der Waals surface area contributed by atoms with Crippen LogP contribution < -0.4 is 4.90 Å². The van der Waals surface area contributed by atoms with E-state index in [9.17, 15) is 4.79 Å². The van der Waals surface area contributed by atoms with E-state index in [2.05, 4.69) is 11.8 Å². The van der Waals surface area contributed by atoms with Gasteiger partial charge in [0.15, 0.2) is 5.78 Å². The van der Waals surface area contributed by atoms with E-state index in [0.717, 1.165) is 37.6 Å². The van der Waals surface area contributed by atoms with Crippen molar-refractivity contribution in [2.24, 2.45) is 0 Å². The van der Waals surface area contributed by atoms with Gasteiger partial charge >= 0.3 is 0 Å². The van der Waals surface area contributed by atoms with Crippen LogP contribution in [0.4, 0.5) is 5.69 Å². The Bertz CT molecular complexity index is 395. The highest BCUT2D eigenvalue weighted by Crippen LogP contribution is 2.22. The highest BCUT2D eigenvalue weighted by Gasteiger charge is 2.14. The molecule has 1 aliphatic heterocycles. The number of hydrogen-bond donors (Lipinski definition) is 0. The van der Waals surface area contributed by atoms with Crippen LogP contribution in [0.25, 0.3) is 0 Å². The Hall–Kier alpha value is -1.35. The fourth-order valence-electron chi connectivity index (χ4n) is 1.97. The number of hydrogen-bond acceptors (Lipinski definition) is 3. The second kappa shape index (κ2) is 4.66. The lowest BCUT2D eigenvalue weighted by Gasteiger charge is -2.30. The average Bonchev–Trinajstić information content (AvgIpc) is 2.30. The van der Waals surface area contributed by atoms with Crippen LogP contribution in [0.3, 0.4) is 0 Å². The summed E-state index contributed by atoms with van der Waals surface area (Å²) in [6, 6.07) is 5.89. The van der Waals surface area contributed by atoms with Gasteiger partial charge in [-0.3, -0.25) is 4.79 Å². The van der Waals surface area contributed by atoms with Crippen LogP contribution in [-0.4, -0.2) is 32.1 Å². The maximum absolute atomic E-state index is 11.3. The molecular formula is C13H17NO2.